The van der Waals surface area contributed by atoms with Gasteiger partial charge in [0, 0.05) is 23.6 Å². The van der Waals surface area contributed by atoms with Gasteiger partial charge in [0.25, 0.3) is 0 Å². The van der Waals surface area contributed by atoms with Crippen LogP contribution in [-0.4, -0.2) is 14.5 Å². The number of sulfonamides is 1. The normalized spacial score (nSPS) is 12.2. The monoisotopic (exact) mass is 267 g/mol. The van der Waals surface area contributed by atoms with Gasteiger partial charge in [-0.15, -0.1) is 0 Å². The van der Waals surface area contributed by atoms with E-state index in [1.54, 1.807) is 26.0 Å². The van der Waals surface area contributed by atoms with Crippen LogP contribution in [0.5, 0.6) is 0 Å². The number of fused-ring (bicyclic) bond motifs is 1. The molecule has 18 heavy (non-hydrogen) atoms. The van der Waals surface area contributed by atoms with Crippen molar-refractivity contribution in [3.8, 4) is 0 Å². The second-order valence-corrected chi connectivity index (χ2v) is 5.94. The SMILES string of the molecule is CC(C)NS(=O)(=O)c1ccc2ccc(=O)oc2c1. The summed E-state index contributed by atoms with van der Waals surface area (Å²) in [6, 6.07) is 7.12. The lowest BCUT2D eigenvalue weighted by Gasteiger charge is -2.09. The molecule has 6 heteroatoms. The van der Waals surface area contributed by atoms with E-state index >= 15 is 0 Å². The molecule has 0 radical (unpaired) electrons. The molecular weight excluding hydrogens is 254 g/mol. The maximum atomic E-state index is 11.9. The van der Waals surface area contributed by atoms with Gasteiger partial charge in [-0.3, -0.25) is 0 Å². The predicted molar refractivity (Wildman–Crippen MR) is 67.9 cm³/mol. The standard InChI is InChI=1S/C12H13NO4S/c1-8(2)13-18(15,16)10-5-3-9-4-6-12(14)17-11(9)7-10/h3-8,13H,1-2H3. The van der Waals surface area contributed by atoms with Crippen LogP contribution in [0.2, 0.25) is 0 Å². The average Bonchev–Trinajstić information content (AvgIpc) is 2.26. The Bertz CT molecular complexity index is 731. The molecule has 0 aliphatic rings. The average molecular weight is 267 g/mol. The Morgan fingerprint density at radius 1 is 1.17 bits per heavy atom. The molecule has 0 saturated carbocycles. The van der Waals surface area contributed by atoms with E-state index in [1.807, 2.05) is 0 Å². The molecule has 0 saturated heterocycles. The molecule has 0 amide bonds. The van der Waals surface area contributed by atoms with Crippen molar-refractivity contribution in [3.63, 3.8) is 0 Å². The highest BCUT2D eigenvalue weighted by atomic mass is 32.2. The predicted octanol–water partition coefficient (Wildman–Crippen LogP) is 1.48. The van der Waals surface area contributed by atoms with Crippen molar-refractivity contribution >= 4 is 21.0 Å². The van der Waals surface area contributed by atoms with Crippen LogP contribution in [-0.2, 0) is 10.0 Å². The topological polar surface area (TPSA) is 76.4 Å². The summed E-state index contributed by atoms with van der Waals surface area (Å²) in [6.07, 6.45) is 0. The Labute approximate surface area is 104 Å². The summed E-state index contributed by atoms with van der Waals surface area (Å²) in [5.74, 6) is 0. The van der Waals surface area contributed by atoms with E-state index in [1.165, 1.54) is 18.2 Å². The highest BCUT2D eigenvalue weighted by Crippen LogP contribution is 2.17. The highest BCUT2D eigenvalue weighted by molar-refractivity contribution is 7.89. The van der Waals surface area contributed by atoms with Crippen LogP contribution in [0.3, 0.4) is 0 Å². The van der Waals surface area contributed by atoms with Gasteiger partial charge in [-0.25, -0.2) is 17.9 Å². The molecule has 1 aromatic carbocycles. The van der Waals surface area contributed by atoms with Gasteiger partial charge in [-0.05, 0) is 32.0 Å². The van der Waals surface area contributed by atoms with E-state index in [4.69, 9.17) is 4.42 Å². The van der Waals surface area contributed by atoms with Crippen molar-refractivity contribution < 1.29 is 12.8 Å². The molecule has 96 valence electrons. The largest absolute Gasteiger partial charge is 0.423 e. The fourth-order valence-corrected chi connectivity index (χ4v) is 2.85. The summed E-state index contributed by atoms with van der Waals surface area (Å²) in [6.45, 7) is 3.47. The lowest BCUT2D eigenvalue weighted by Crippen LogP contribution is -2.30. The molecular formula is C12H13NO4S. The minimum Gasteiger partial charge on any atom is -0.423 e. The van der Waals surface area contributed by atoms with Crippen molar-refractivity contribution in [2.24, 2.45) is 0 Å². The first-order valence-electron chi connectivity index (χ1n) is 5.45. The zero-order valence-electron chi connectivity index (χ0n) is 10.0. The van der Waals surface area contributed by atoms with Gasteiger partial charge < -0.3 is 4.42 Å². The van der Waals surface area contributed by atoms with Crippen LogP contribution < -0.4 is 10.3 Å². The second kappa shape index (κ2) is 4.55. The Balaban J connectivity index is 2.56. The molecule has 0 bridgehead atoms. The summed E-state index contributed by atoms with van der Waals surface area (Å²) in [5.41, 5.74) is -0.247. The first-order valence-corrected chi connectivity index (χ1v) is 6.93. The third kappa shape index (κ3) is 2.60. The van der Waals surface area contributed by atoms with Crippen molar-refractivity contribution in [2.75, 3.05) is 0 Å². The molecule has 0 atom stereocenters. The number of hydrogen-bond acceptors (Lipinski definition) is 4. The quantitative estimate of drug-likeness (QED) is 0.854. The van der Waals surface area contributed by atoms with Crippen LogP contribution in [0, 0.1) is 0 Å². The van der Waals surface area contributed by atoms with Crippen LogP contribution in [0.25, 0.3) is 11.0 Å². The van der Waals surface area contributed by atoms with Crippen molar-refractivity contribution in [1.82, 2.24) is 4.72 Å². The number of benzene rings is 1. The van der Waals surface area contributed by atoms with Crippen LogP contribution in [0.4, 0.5) is 0 Å². The van der Waals surface area contributed by atoms with E-state index in [-0.39, 0.29) is 16.5 Å². The minimum absolute atomic E-state index is 0.0815. The highest BCUT2D eigenvalue weighted by Gasteiger charge is 2.16. The first-order chi connectivity index (χ1) is 8.38. The first kappa shape index (κ1) is 12.8. The van der Waals surface area contributed by atoms with E-state index in [0.717, 1.165) is 0 Å². The maximum Gasteiger partial charge on any atom is 0.336 e. The molecule has 0 unspecified atom stereocenters. The van der Waals surface area contributed by atoms with E-state index in [9.17, 15) is 13.2 Å². The van der Waals surface area contributed by atoms with Crippen LogP contribution in [0.15, 0.2) is 44.4 Å². The minimum atomic E-state index is -3.58. The van der Waals surface area contributed by atoms with E-state index < -0.39 is 15.6 Å². The van der Waals surface area contributed by atoms with Gasteiger partial charge >= 0.3 is 5.63 Å². The third-order valence-corrected chi connectivity index (χ3v) is 3.95. The number of rotatable bonds is 3. The Kier molecular flexibility index (Phi) is 3.23. The maximum absolute atomic E-state index is 11.9. The van der Waals surface area contributed by atoms with Gasteiger partial charge in [-0.1, -0.05) is 0 Å². The van der Waals surface area contributed by atoms with Crippen molar-refractivity contribution in [1.29, 1.82) is 0 Å². The molecule has 2 aromatic rings. The van der Waals surface area contributed by atoms with Crippen molar-refractivity contribution in [2.45, 2.75) is 24.8 Å². The zero-order valence-corrected chi connectivity index (χ0v) is 10.8. The van der Waals surface area contributed by atoms with Gasteiger partial charge in [-0.2, -0.15) is 0 Å². The smallest absolute Gasteiger partial charge is 0.336 e. The molecule has 0 aliphatic heterocycles. The Morgan fingerprint density at radius 3 is 2.50 bits per heavy atom. The fourth-order valence-electron chi connectivity index (χ4n) is 1.59. The summed E-state index contributed by atoms with van der Waals surface area (Å²) in [7, 11) is -3.58. The van der Waals surface area contributed by atoms with Crippen LogP contribution in [0.1, 0.15) is 13.8 Å². The Morgan fingerprint density at radius 2 is 1.83 bits per heavy atom. The van der Waals surface area contributed by atoms with E-state index in [2.05, 4.69) is 4.72 Å². The molecule has 1 aromatic heterocycles. The second-order valence-electron chi connectivity index (χ2n) is 4.23. The van der Waals surface area contributed by atoms with Gasteiger partial charge in [0.2, 0.25) is 10.0 Å². The Hall–Kier alpha value is -1.66. The zero-order chi connectivity index (χ0) is 13.3. The van der Waals surface area contributed by atoms with Crippen molar-refractivity contribution in [3.05, 3.63) is 40.8 Å². The molecule has 1 N–H and O–H groups in total. The lowest BCUT2D eigenvalue weighted by molar-refractivity contribution is 0.556. The summed E-state index contributed by atoms with van der Waals surface area (Å²) < 4.78 is 31.3. The number of nitrogens with one attached hydrogen (secondary N) is 1. The van der Waals surface area contributed by atoms with E-state index in [0.29, 0.717) is 5.39 Å². The molecule has 2 rings (SSSR count). The molecule has 5 nitrogen and oxygen atoms in total. The molecule has 1 heterocycles. The van der Waals surface area contributed by atoms with Gasteiger partial charge in [0.15, 0.2) is 0 Å². The van der Waals surface area contributed by atoms with Gasteiger partial charge in [0.1, 0.15) is 5.58 Å². The molecule has 0 spiro atoms. The summed E-state index contributed by atoms with van der Waals surface area (Å²) in [4.78, 5) is 11.2. The number of hydrogen-bond donors (Lipinski definition) is 1. The molecule has 0 aliphatic carbocycles. The summed E-state index contributed by atoms with van der Waals surface area (Å²) in [5, 5.41) is 0.679. The van der Waals surface area contributed by atoms with Gasteiger partial charge in [0.05, 0.1) is 4.90 Å². The molecule has 0 fully saturated rings. The third-order valence-electron chi connectivity index (χ3n) is 2.30. The lowest BCUT2D eigenvalue weighted by atomic mass is 10.2. The van der Waals surface area contributed by atoms with Crippen LogP contribution >= 0.6 is 0 Å². The fraction of sp³-hybridized carbons (Fsp3) is 0.250. The summed E-state index contributed by atoms with van der Waals surface area (Å²) >= 11 is 0.